The Bertz CT molecular complexity index is 1440. The van der Waals surface area contributed by atoms with Crippen molar-refractivity contribution in [2.75, 3.05) is 18.5 Å². The number of fused-ring (bicyclic) bond motifs is 2. The molecule has 0 atom stereocenters. The van der Waals surface area contributed by atoms with Gasteiger partial charge in [0, 0.05) is 34.3 Å². The number of rotatable bonds is 5. The van der Waals surface area contributed by atoms with Gasteiger partial charge in [0.2, 0.25) is 0 Å². The molecule has 2 amide bonds. The first-order chi connectivity index (χ1) is 16.9. The van der Waals surface area contributed by atoms with Crippen molar-refractivity contribution in [1.29, 1.82) is 0 Å². The van der Waals surface area contributed by atoms with Gasteiger partial charge in [0.05, 0.1) is 12.1 Å². The number of urea groups is 1. The maximum atomic E-state index is 13.3. The van der Waals surface area contributed by atoms with Crippen LogP contribution in [-0.2, 0) is 13.1 Å². The smallest absolute Gasteiger partial charge is 0.322 e. The maximum absolute atomic E-state index is 13.3. The van der Waals surface area contributed by atoms with Crippen LogP contribution in [0.2, 0.25) is 5.02 Å². The van der Waals surface area contributed by atoms with Crippen LogP contribution in [0.3, 0.4) is 0 Å². The van der Waals surface area contributed by atoms with Crippen LogP contribution < -0.4 is 20.3 Å². The number of H-pyrrole nitrogens is 1. The molecule has 0 fully saturated rings. The van der Waals surface area contributed by atoms with Crippen LogP contribution >= 0.6 is 11.6 Å². The molecule has 1 aliphatic rings. The van der Waals surface area contributed by atoms with Gasteiger partial charge in [-0.2, -0.15) is 0 Å². The van der Waals surface area contributed by atoms with Gasteiger partial charge in [0.25, 0.3) is 5.56 Å². The van der Waals surface area contributed by atoms with Crippen molar-refractivity contribution in [1.82, 2.24) is 9.88 Å². The fourth-order valence-electron chi connectivity index (χ4n) is 3.86. The van der Waals surface area contributed by atoms with Gasteiger partial charge in [-0.15, -0.1) is 0 Å². The largest absolute Gasteiger partial charge is 0.486 e. The number of hydrogen-bond acceptors (Lipinski definition) is 4. The van der Waals surface area contributed by atoms with Gasteiger partial charge < -0.3 is 24.7 Å². The SMILES string of the molecule is O=C(Nc1ccc(F)cc1)N(Cc1ccc(Cl)cc1)Cc1cc2cc3c(cc2[nH]c1=O)OCCO3. The molecule has 4 aromatic rings. The summed E-state index contributed by atoms with van der Waals surface area (Å²) >= 11 is 6.00. The lowest BCUT2D eigenvalue weighted by molar-refractivity contribution is 0.172. The number of carbonyl (C=O) groups is 1. The van der Waals surface area contributed by atoms with Gasteiger partial charge in [-0.1, -0.05) is 23.7 Å². The maximum Gasteiger partial charge on any atom is 0.322 e. The minimum absolute atomic E-state index is 0.0371. The van der Waals surface area contributed by atoms with Crippen LogP contribution in [0.4, 0.5) is 14.9 Å². The number of carbonyl (C=O) groups excluding carboxylic acids is 1. The van der Waals surface area contributed by atoms with Crippen LogP contribution in [0.15, 0.2) is 71.5 Å². The van der Waals surface area contributed by atoms with Crippen molar-refractivity contribution in [2.45, 2.75) is 13.1 Å². The van der Waals surface area contributed by atoms with Gasteiger partial charge in [-0.05, 0) is 54.1 Å². The Kier molecular flexibility index (Phi) is 6.29. The van der Waals surface area contributed by atoms with E-state index in [9.17, 15) is 14.0 Å². The number of ether oxygens (including phenoxy) is 2. The summed E-state index contributed by atoms with van der Waals surface area (Å²) in [5, 5.41) is 4.10. The second-order valence-electron chi connectivity index (χ2n) is 8.13. The molecule has 3 aromatic carbocycles. The molecule has 0 aliphatic carbocycles. The molecule has 0 saturated carbocycles. The van der Waals surface area contributed by atoms with Gasteiger partial charge in [-0.25, -0.2) is 9.18 Å². The lowest BCUT2D eigenvalue weighted by atomic mass is 10.1. The third-order valence-electron chi connectivity index (χ3n) is 5.61. The predicted octanol–water partition coefficient (Wildman–Crippen LogP) is 5.33. The Balaban J connectivity index is 1.46. The molecule has 7 nitrogen and oxygen atoms in total. The van der Waals surface area contributed by atoms with Crippen LogP contribution in [0.5, 0.6) is 11.5 Å². The van der Waals surface area contributed by atoms with Crippen LogP contribution in [-0.4, -0.2) is 29.1 Å². The highest BCUT2D eigenvalue weighted by Gasteiger charge is 2.19. The Hall–Kier alpha value is -4.04. The molecule has 0 saturated heterocycles. The summed E-state index contributed by atoms with van der Waals surface area (Å²) in [7, 11) is 0. The molecular weight excluding hydrogens is 473 g/mol. The molecule has 0 unspecified atom stereocenters. The number of nitrogens with zero attached hydrogens (tertiary/aromatic N) is 1. The zero-order valence-electron chi connectivity index (χ0n) is 18.5. The lowest BCUT2D eigenvalue weighted by Gasteiger charge is -2.24. The third kappa shape index (κ3) is 5.22. The zero-order valence-corrected chi connectivity index (χ0v) is 19.3. The van der Waals surface area contributed by atoms with E-state index in [0.29, 0.717) is 46.5 Å². The van der Waals surface area contributed by atoms with Gasteiger partial charge in [0.1, 0.15) is 19.0 Å². The average Bonchev–Trinajstić information content (AvgIpc) is 2.85. The zero-order chi connectivity index (χ0) is 24.4. The summed E-state index contributed by atoms with van der Waals surface area (Å²) in [4.78, 5) is 30.5. The van der Waals surface area contributed by atoms with Gasteiger partial charge >= 0.3 is 6.03 Å². The van der Waals surface area contributed by atoms with E-state index >= 15 is 0 Å². The number of benzene rings is 3. The molecule has 5 rings (SSSR count). The second-order valence-corrected chi connectivity index (χ2v) is 8.56. The van der Waals surface area contributed by atoms with E-state index < -0.39 is 11.8 Å². The quantitative estimate of drug-likeness (QED) is 0.394. The number of amides is 2. The summed E-state index contributed by atoms with van der Waals surface area (Å²) in [6.45, 7) is 1.16. The number of nitrogens with one attached hydrogen (secondary N) is 2. The van der Waals surface area contributed by atoms with Gasteiger partial charge in [-0.3, -0.25) is 4.79 Å². The molecule has 1 aliphatic heterocycles. The summed E-state index contributed by atoms with van der Waals surface area (Å²) in [5.41, 5.74) is 1.97. The first kappa shape index (κ1) is 22.7. The molecule has 0 bridgehead atoms. The highest BCUT2D eigenvalue weighted by molar-refractivity contribution is 6.30. The number of pyridine rings is 1. The Labute approximate surface area is 205 Å². The fraction of sp³-hybridized carbons (Fsp3) is 0.154. The number of anilines is 1. The van der Waals surface area contributed by atoms with Crippen LogP contribution in [0.25, 0.3) is 10.9 Å². The minimum Gasteiger partial charge on any atom is -0.486 e. The minimum atomic E-state index is -0.437. The molecule has 2 N–H and O–H groups in total. The summed E-state index contributed by atoms with van der Waals surface area (Å²) in [6.07, 6.45) is 0. The topological polar surface area (TPSA) is 83.7 Å². The van der Waals surface area contributed by atoms with Crippen molar-refractivity contribution in [3.05, 3.63) is 99.1 Å². The molecule has 0 radical (unpaired) electrons. The number of aromatic amines is 1. The van der Waals surface area contributed by atoms with Crippen LogP contribution in [0, 0.1) is 5.82 Å². The molecule has 2 heterocycles. The second kappa shape index (κ2) is 9.68. The van der Waals surface area contributed by atoms with Crippen molar-refractivity contribution < 1.29 is 18.7 Å². The molecule has 9 heteroatoms. The fourth-order valence-corrected chi connectivity index (χ4v) is 3.98. The first-order valence-corrected chi connectivity index (χ1v) is 11.3. The van der Waals surface area contributed by atoms with Crippen molar-refractivity contribution in [3.8, 4) is 11.5 Å². The normalized spacial score (nSPS) is 12.4. The van der Waals surface area contributed by atoms with Crippen LogP contribution in [0.1, 0.15) is 11.1 Å². The average molecular weight is 494 g/mol. The molecule has 1 aromatic heterocycles. The van der Waals surface area contributed by atoms with E-state index in [1.54, 1.807) is 24.3 Å². The number of hydrogen-bond donors (Lipinski definition) is 2. The Morgan fingerprint density at radius 1 is 0.971 bits per heavy atom. The van der Waals surface area contributed by atoms with E-state index in [2.05, 4.69) is 10.3 Å². The highest BCUT2D eigenvalue weighted by atomic mass is 35.5. The number of halogens is 2. The number of aromatic nitrogens is 1. The highest BCUT2D eigenvalue weighted by Crippen LogP contribution is 2.33. The standard InChI is InChI=1S/C26H21ClFN3O4/c27-19-3-1-16(2-4-19)14-31(26(33)29-21-7-5-20(28)6-8-21)15-18-11-17-12-23-24(35-10-9-34-23)13-22(17)30-25(18)32/h1-8,11-13H,9-10,14-15H2,(H,29,33)(H,30,32). The van der Waals surface area contributed by atoms with E-state index in [1.165, 1.54) is 29.2 Å². The third-order valence-corrected chi connectivity index (χ3v) is 5.87. The Morgan fingerprint density at radius 3 is 2.37 bits per heavy atom. The van der Waals surface area contributed by atoms with E-state index in [0.717, 1.165) is 10.9 Å². The summed E-state index contributed by atoms with van der Waals surface area (Å²) in [6, 6.07) is 17.4. The molecule has 35 heavy (non-hydrogen) atoms. The molecule has 178 valence electrons. The van der Waals surface area contributed by atoms with Crippen molar-refractivity contribution in [3.63, 3.8) is 0 Å². The first-order valence-electron chi connectivity index (χ1n) is 11.0. The monoisotopic (exact) mass is 493 g/mol. The van der Waals surface area contributed by atoms with Crippen molar-refractivity contribution >= 4 is 34.2 Å². The summed E-state index contributed by atoms with van der Waals surface area (Å²) in [5.74, 6) is 0.782. The predicted molar refractivity (Wildman–Crippen MR) is 132 cm³/mol. The molecule has 0 spiro atoms. The summed E-state index contributed by atoms with van der Waals surface area (Å²) < 4.78 is 24.5. The van der Waals surface area contributed by atoms with E-state index in [1.807, 2.05) is 18.2 Å². The lowest BCUT2D eigenvalue weighted by Crippen LogP contribution is -2.35. The molecular formula is C26H21ClFN3O4. The van der Waals surface area contributed by atoms with Crippen molar-refractivity contribution in [2.24, 2.45) is 0 Å². The van der Waals surface area contributed by atoms with E-state index in [-0.39, 0.29) is 18.6 Å². The Morgan fingerprint density at radius 2 is 1.66 bits per heavy atom. The van der Waals surface area contributed by atoms with Gasteiger partial charge in [0.15, 0.2) is 11.5 Å². The van der Waals surface area contributed by atoms with E-state index in [4.69, 9.17) is 21.1 Å².